The number of carbonyl (C=O) groups is 1. The average Bonchev–Trinajstić information content (AvgIpc) is 3.40. The quantitative estimate of drug-likeness (QED) is 0.857. The van der Waals surface area contributed by atoms with Crippen molar-refractivity contribution < 1.29 is 9.53 Å². The highest BCUT2D eigenvalue weighted by atomic mass is 16.5. The number of ether oxygens (including phenoxy) is 1. The van der Waals surface area contributed by atoms with E-state index in [4.69, 9.17) is 4.74 Å². The smallest absolute Gasteiger partial charge is 0.224 e. The van der Waals surface area contributed by atoms with Gasteiger partial charge in [-0.3, -0.25) is 4.79 Å². The van der Waals surface area contributed by atoms with Gasteiger partial charge >= 0.3 is 0 Å². The molecule has 1 aliphatic heterocycles. The van der Waals surface area contributed by atoms with Crippen molar-refractivity contribution in [1.29, 1.82) is 0 Å². The molecule has 25 heavy (non-hydrogen) atoms. The van der Waals surface area contributed by atoms with Crippen LogP contribution in [-0.4, -0.2) is 40.2 Å². The fourth-order valence-corrected chi connectivity index (χ4v) is 5.79. The molecule has 0 radical (unpaired) electrons. The number of carbonyl (C=O) groups excluding carboxylic acids is 1. The van der Waals surface area contributed by atoms with Crippen LogP contribution in [0.2, 0.25) is 0 Å². The van der Waals surface area contributed by atoms with Gasteiger partial charge in [-0.05, 0) is 56.4 Å². The molecular weight excluding hydrogens is 316 g/mol. The highest BCUT2D eigenvalue weighted by Crippen LogP contribution is 2.51. The molecule has 4 fully saturated rings. The molecule has 4 aliphatic rings. The van der Waals surface area contributed by atoms with Crippen LogP contribution in [0.5, 0.6) is 0 Å². The van der Waals surface area contributed by atoms with E-state index in [2.05, 4.69) is 20.6 Å². The molecule has 6 heteroatoms. The van der Waals surface area contributed by atoms with Gasteiger partial charge in [0.2, 0.25) is 11.9 Å². The third-order valence-electron chi connectivity index (χ3n) is 7.03. The van der Waals surface area contributed by atoms with Gasteiger partial charge in [0.05, 0.1) is 17.7 Å². The Balaban J connectivity index is 1.22. The van der Waals surface area contributed by atoms with Crippen molar-refractivity contribution in [1.82, 2.24) is 15.3 Å². The van der Waals surface area contributed by atoms with Crippen LogP contribution in [0.3, 0.4) is 0 Å². The summed E-state index contributed by atoms with van der Waals surface area (Å²) in [5, 5.41) is 6.72. The van der Waals surface area contributed by atoms with Crippen molar-refractivity contribution in [2.75, 3.05) is 18.5 Å². The van der Waals surface area contributed by atoms with Gasteiger partial charge in [-0.15, -0.1) is 0 Å². The molecule has 1 saturated heterocycles. The summed E-state index contributed by atoms with van der Waals surface area (Å²) in [5.74, 6) is 2.46. The molecule has 0 aromatic carbocycles. The summed E-state index contributed by atoms with van der Waals surface area (Å²) in [4.78, 5) is 21.4. The molecule has 1 aromatic rings. The number of fused-ring (bicyclic) bond motifs is 4. The van der Waals surface area contributed by atoms with Crippen molar-refractivity contribution in [3.63, 3.8) is 0 Å². The van der Waals surface area contributed by atoms with E-state index in [0.717, 1.165) is 19.3 Å². The Morgan fingerprint density at radius 2 is 1.88 bits per heavy atom. The van der Waals surface area contributed by atoms with E-state index in [0.29, 0.717) is 36.8 Å². The van der Waals surface area contributed by atoms with E-state index in [-0.39, 0.29) is 17.1 Å². The van der Waals surface area contributed by atoms with Gasteiger partial charge in [0.25, 0.3) is 0 Å². The van der Waals surface area contributed by atoms with Crippen LogP contribution in [0.15, 0.2) is 18.5 Å². The maximum Gasteiger partial charge on any atom is 0.224 e. The van der Waals surface area contributed by atoms with Gasteiger partial charge in [-0.1, -0.05) is 0 Å². The molecule has 2 N–H and O–H groups in total. The predicted octanol–water partition coefficient (Wildman–Crippen LogP) is 2.13. The topological polar surface area (TPSA) is 76.1 Å². The first-order valence-corrected chi connectivity index (χ1v) is 9.64. The zero-order chi connectivity index (χ0) is 16.9. The molecule has 6 nitrogen and oxygen atoms in total. The lowest BCUT2D eigenvalue weighted by Crippen LogP contribution is -2.50. The van der Waals surface area contributed by atoms with Crippen molar-refractivity contribution in [3.05, 3.63) is 18.5 Å². The molecule has 2 atom stereocenters. The van der Waals surface area contributed by atoms with Crippen molar-refractivity contribution in [2.24, 2.45) is 17.8 Å². The Hall–Kier alpha value is -1.69. The summed E-state index contributed by atoms with van der Waals surface area (Å²) in [5.41, 5.74) is -0.348. The fraction of sp³-hybridized carbons (Fsp3) is 0.737. The highest BCUT2D eigenvalue weighted by molar-refractivity contribution is 5.81. The lowest BCUT2D eigenvalue weighted by molar-refractivity contribution is -0.128. The van der Waals surface area contributed by atoms with E-state index in [1.807, 2.05) is 6.07 Å². The number of aromatic nitrogens is 2. The molecule has 3 aliphatic carbocycles. The second kappa shape index (κ2) is 5.66. The SMILES string of the molecule is O=C(NC12CCC(CNc3ncccn3)(C1)OC2)C1C2CCC1CC2. The van der Waals surface area contributed by atoms with Crippen LogP contribution in [-0.2, 0) is 9.53 Å². The standard InChI is InChI=1S/C19H26N4O2/c24-16(15-13-2-3-14(15)5-4-13)23-18-6-7-19(10-18,25-12-18)11-22-17-20-8-1-9-21-17/h1,8-9,13-15H,2-7,10-12H2,(H,23,24)(H,20,21,22). The molecule has 2 heterocycles. The third-order valence-corrected chi connectivity index (χ3v) is 7.03. The summed E-state index contributed by atoms with van der Waals surface area (Å²) in [6.07, 6.45) is 11.3. The second-order valence-electron chi connectivity index (χ2n) is 8.54. The van der Waals surface area contributed by atoms with Gasteiger partial charge in [0, 0.05) is 31.3 Å². The van der Waals surface area contributed by atoms with E-state index < -0.39 is 0 Å². The van der Waals surface area contributed by atoms with Crippen LogP contribution < -0.4 is 10.6 Å². The third kappa shape index (κ3) is 2.62. The summed E-state index contributed by atoms with van der Waals surface area (Å²) in [6.45, 7) is 1.33. The van der Waals surface area contributed by atoms with E-state index in [9.17, 15) is 4.79 Å². The van der Waals surface area contributed by atoms with Crippen LogP contribution in [0, 0.1) is 17.8 Å². The van der Waals surface area contributed by atoms with Crippen LogP contribution >= 0.6 is 0 Å². The van der Waals surface area contributed by atoms with E-state index in [1.165, 1.54) is 25.7 Å². The molecule has 4 bridgehead atoms. The Kier molecular flexibility index (Phi) is 3.52. The number of hydrogen-bond acceptors (Lipinski definition) is 5. The predicted molar refractivity (Wildman–Crippen MR) is 92.9 cm³/mol. The normalized spacial score (nSPS) is 41.2. The number of rotatable bonds is 5. The summed E-state index contributed by atoms with van der Waals surface area (Å²) >= 11 is 0. The number of nitrogens with zero attached hydrogens (tertiary/aromatic N) is 2. The maximum atomic E-state index is 12.9. The van der Waals surface area contributed by atoms with Crippen molar-refractivity contribution in [2.45, 2.75) is 56.1 Å². The minimum atomic E-state index is -0.193. The first kappa shape index (κ1) is 15.6. The zero-order valence-corrected chi connectivity index (χ0v) is 14.5. The van der Waals surface area contributed by atoms with Gasteiger partial charge in [-0.2, -0.15) is 0 Å². The van der Waals surface area contributed by atoms with Crippen molar-refractivity contribution in [3.8, 4) is 0 Å². The molecule has 0 spiro atoms. The molecule has 2 unspecified atom stereocenters. The van der Waals surface area contributed by atoms with Gasteiger partial charge in [-0.25, -0.2) is 9.97 Å². The maximum absolute atomic E-state index is 12.9. The van der Waals surface area contributed by atoms with E-state index >= 15 is 0 Å². The van der Waals surface area contributed by atoms with E-state index in [1.54, 1.807) is 12.4 Å². The number of amides is 1. The van der Waals surface area contributed by atoms with Gasteiger partial charge in [0.15, 0.2) is 0 Å². The highest BCUT2D eigenvalue weighted by Gasteiger charge is 2.57. The minimum absolute atomic E-state index is 0.154. The largest absolute Gasteiger partial charge is 0.371 e. The lowest BCUT2D eigenvalue weighted by atomic mass is 9.93. The second-order valence-corrected chi connectivity index (χ2v) is 8.54. The number of anilines is 1. The van der Waals surface area contributed by atoms with Crippen LogP contribution in [0.4, 0.5) is 5.95 Å². The monoisotopic (exact) mass is 342 g/mol. The first-order chi connectivity index (χ1) is 12.2. The molecule has 1 amide bonds. The van der Waals surface area contributed by atoms with Crippen molar-refractivity contribution >= 4 is 11.9 Å². The van der Waals surface area contributed by atoms with Crippen LogP contribution in [0.1, 0.15) is 44.9 Å². The fourth-order valence-electron chi connectivity index (χ4n) is 5.79. The first-order valence-electron chi connectivity index (χ1n) is 9.64. The number of nitrogens with one attached hydrogen (secondary N) is 2. The Morgan fingerprint density at radius 1 is 1.16 bits per heavy atom. The summed E-state index contributed by atoms with van der Waals surface area (Å²) in [7, 11) is 0. The molecule has 134 valence electrons. The number of hydrogen-bond donors (Lipinski definition) is 2. The summed E-state index contributed by atoms with van der Waals surface area (Å²) < 4.78 is 6.16. The summed E-state index contributed by atoms with van der Waals surface area (Å²) in [6, 6.07) is 1.81. The lowest BCUT2D eigenvalue weighted by Gasteiger charge is -2.30. The molecule has 5 rings (SSSR count). The van der Waals surface area contributed by atoms with Crippen LogP contribution in [0.25, 0.3) is 0 Å². The minimum Gasteiger partial charge on any atom is -0.371 e. The Morgan fingerprint density at radius 3 is 2.52 bits per heavy atom. The average molecular weight is 342 g/mol. The Bertz CT molecular complexity index is 637. The molecular formula is C19H26N4O2. The van der Waals surface area contributed by atoms with Gasteiger partial charge < -0.3 is 15.4 Å². The Labute approximate surface area is 148 Å². The van der Waals surface area contributed by atoms with Gasteiger partial charge in [0.1, 0.15) is 0 Å². The zero-order valence-electron chi connectivity index (χ0n) is 14.5. The molecule has 1 aromatic heterocycles. The molecule has 3 saturated carbocycles.